The second kappa shape index (κ2) is 11.2. The molecule has 2 aliphatic rings. The predicted molar refractivity (Wildman–Crippen MR) is 124 cm³/mol. The van der Waals surface area contributed by atoms with Crippen LogP contribution >= 0.6 is 23.2 Å². The lowest BCUT2D eigenvalue weighted by atomic mass is 9.95. The zero-order valence-corrected chi connectivity index (χ0v) is 20.2. The van der Waals surface area contributed by atoms with Gasteiger partial charge in [0.1, 0.15) is 0 Å². The van der Waals surface area contributed by atoms with Crippen LogP contribution in [0.25, 0.3) is 0 Å². The number of carbonyl (C=O) groups is 3. The van der Waals surface area contributed by atoms with Crippen molar-refractivity contribution in [2.45, 2.75) is 33.1 Å². The number of ether oxygens (including phenoxy) is 1. The fourth-order valence-electron chi connectivity index (χ4n) is 4.08. The molecule has 0 saturated carbocycles. The quantitative estimate of drug-likeness (QED) is 0.643. The van der Waals surface area contributed by atoms with Crippen LogP contribution < -0.4 is 0 Å². The van der Waals surface area contributed by atoms with E-state index in [4.69, 9.17) is 27.9 Å². The molecule has 3 rings (SSSR count). The average Bonchev–Trinajstić information content (AvgIpc) is 3.05. The highest BCUT2D eigenvalue weighted by atomic mass is 35.5. The number of likely N-dealkylation sites (tertiary alicyclic amines) is 1. The molecule has 1 aromatic rings. The van der Waals surface area contributed by atoms with E-state index in [0.717, 1.165) is 12.8 Å². The van der Waals surface area contributed by atoms with Crippen molar-refractivity contribution in [3.05, 3.63) is 33.8 Å². The number of rotatable bonds is 4. The van der Waals surface area contributed by atoms with Gasteiger partial charge in [0.25, 0.3) is 5.91 Å². The van der Waals surface area contributed by atoms with Crippen molar-refractivity contribution in [1.29, 1.82) is 0 Å². The van der Waals surface area contributed by atoms with E-state index in [1.807, 2.05) is 18.7 Å². The third-order valence-electron chi connectivity index (χ3n) is 5.83. The topological polar surface area (TPSA) is 70.2 Å². The van der Waals surface area contributed by atoms with Crippen LogP contribution in [0.4, 0.5) is 4.79 Å². The first-order chi connectivity index (χ1) is 15.3. The van der Waals surface area contributed by atoms with Gasteiger partial charge >= 0.3 is 6.09 Å². The number of halogens is 2. The van der Waals surface area contributed by atoms with Crippen LogP contribution in [-0.2, 0) is 9.53 Å². The second-order valence-electron chi connectivity index (χ2n) is 8.86. The maximum atomic E-state index is 13.2. The van der Waals surface area contributed by atoms with E-state index in [-0.39, 0.29) is 29.7 Å². The number of benzene rings is 1. The van der Waals surface area contributed by atoms with Crippen LogP contribution in [-0.4, -0.2) is 78.5 Å². The van der Waals surface area contributed by atoms with E-state index in [0.29, 0.717) is 67.9 Å². The molecule has 9 heteroatoms. The van der Waals surface area contributed by atoms with E-state index in [1.165, 1.54) is 0 Å². The maximum absolute atomic E-state index is 13.2. The summed E-state index contributed by atoms with van der Waals surface area (Å²) in [7, 11) is 0. The molecule has 0 aromatic heterocycles. The molecule has 32 heavy (non-hydrogen) atoms. The molecule has 7 nitrogen and oxygen atoms in total. The Labute approximate surface area is 199 Å². The zero-order chi connectivity index (χ0) is 23.3. The van der Waals surface area contributed by atoms with Crippen LogP contribution in [0.2, 0.25) is 10.0 Å². The Morgan fingerprint density at radius 2 is 1.66 bits per heavy atom. The Balaban J connectivity index is 1.57. The van der Waals surface area contributed by atoms with Crippen molar-refractivity contribution in [3.8, 4) is 0 Å². The van der Waals surface area contributed by atoms with E-state index in [9.17, 15) is 14.4 Å². The van der Waals surface area contributed by atoms with Crippen LogP contribution in [0.5, 0.6) is 0 Å². The van der Waals surface area contributed by atoms with Gasteiger partial charge < -0.3 is 19.4 Å². The van der Waals surface area contributed by atoms with Crippen LogP contribution in [0.15, 0.2) is 18.2 Å². The lowest BCUT2D eigenvalue weighted by Crippen LogP contribution is -2.47. The van der Waals surface area contributed by atoms with Crippen molar-refractivity contribution in [2.75, 3.05) is 45.9 Å². The fraction of sp³-hybridized carbons (Fsp3) is 0.609. The van der Waals surface area contributed by atoms with E-state index in [2.05, 4.69) is 0 Å². The molecular weight excluding hydrogens is 453 g/mol. The highest BCUT2D eigenvalue weighted by Gasteiger charge is 2.33. The Kier molecular flexibility index (Phi) is 8.65. The molecule has 1 atom stereocenters. The third-order valence-corrected chi connectivity index (χ3v) is 6.57. The molecule has 1 aromatic carbocycles. The van der Waals surface area contributed by atoms with Crippen molar-refractivity contribution in [3.63, 3.8) is 0 Å². The standard InChI is InChI=1S/C23H31Cl2N3O4/c1-16(2)15-32-23(31)27-10-4-9-26(11-12-27)22(30)18-5-3-8-28(14-18)21(29)17-6-7-19(24)20(25)13-17/h6-7,13,16,18H,3-5,8-12,14-15H2,1-2H3. The number of hydrogen-bond donors (Lipinski definition) is 0. The Morgan fingerprint density at radius 1 is 0.969 bits per heavy atom. The molecule has 0 N–H and O–H groups in total. The number of nitrogens with zero attached hydrogens (tertiary/aromatic N) is 3. The van der Waals surface area contributed by atoms with Gasteiger partial charge in [0, 0.05) is 44.8 Å². The summed E-state index contributed by atoms with van der Waals surface area (Å²) in [5.74, 6) is -0.0511. The molecule has 0 spiro atoms. The Morgan fingerprint density at radius 3 is 2.38 bits per heavy atom. The number of carbonyl (C=O) groups excluding carboxylic acids is 3. The highest BCUT2D eigenvalue weighted by Crippen LogP contribution is 2.26. The molecule has 1 unspecified atom stereocenters. The number of amides is 3. The first-order valence-corrected chi connectivity index (χ1v) is 12.0. The van der Waals surface area contributed by atoms with Gasteiger partial charge in [0.15, 0.2) is 0 Å². The van der Waals surface area contributed by atoms with Crippen LogP contribution in [0.1, 0.15) is 43.5 Å². The lowest BCUT2D eigenvalue weighted by Gasteiger charge is -2.35. The van der Waals surface area contributed by atoms with Gasteiger partial charge in [0.05, 0.1) is 22.6 Å². The Hall–Kier alpha value is -1.99. The average molecular weight is 484 g/mol. The van der Waals surface area contributed by atoms with Crippen molar-refractivity contribution >= 4 is 41.1 Å². The van der Waals surface area contributed by atoms with Gasteiger partial charge in [-0.3, -0.25) is 9.59 Å². The summed E-state index contributed by atoms with van der Waals surface area (Å²) in [6, 6.07) is 4.84. The minimum absolute atomic E-state index is 0.0500. The molecule has 2 heterocycles. The minimum Gasteiger partial charge on any atom is -0.449 e. The summed E-state index contributed by atoms with van der Waals surface area (Å²) in [5, 5.41) is 0.737. The fourth-order valence-corrected chi connectivity index (χ4v) is 4.38. The molecule has 0 bridgehead atoms. The van der Waals surface area contributed by atoms with Gasteiger partial charge in [-0.1, -0.05) is 37.0 Å². The summed E-state index contributed by atoms with van der Waals surface area (Å²) in [6.07, 6.45) is 1.91. The third kappa shape index (κ3) is 6.29. The minimum atomic E-state index is -0.316. The maximum Gasteiger partial charge on any atom is 0.409 e. The molecule has 2 fully saturated rings. The van der Waals surface area contributed by atoms with Gasteiger partial charge in [-0.15, -0.1) is 0 Å². The zero-order valence-electron chi connectivity index (χ0n) is 18.7. The van der Waals surface area contributed by atoms with E-state index < -0.39 is 0 Å². The summed E-state index contributed by atoms with van der Waals surface area (Å²) < 4.78 is 5.33. The van der Waals surface area contributed by atoms with Crippen LogP contribution in [0.3, 0.4) is 0 Å². The number of hydrogen-bond acceptors (Lipinski definition) is 4. The monoisotopic (exact) mass is 483 g/mol. The summed E-state index contributed by atoms with van der Waals surface area (Å²) in [4.78, 5) is 43.6. The van der Waals surface area contributed by atoms with E-state index >= 15 is 0 Å². The summed E-state index contributed by atoms with van der Waals surface area (Å²) >= 11 is 12.0. The molecular formula is C23H31Cl2N3O4. The molecule has 0 aliphatic carbocycles. The predicted octanol–water partition coefficient (Wildman–Crippen LogP) is 4.17. The summed E-state index contributed by atoms with van der Waals surface area (Å²) in [6.45, 7) is 7.49. The lowest BCUT2D eigenvalue weighted by molar-refractivity contribution is -0.136. The summed E-state index contributed by atoms with van der Waals surface area (Å²) in [5.41, 5.74) is 0.470. The van der Waals surface area contributed by atoms with Crippen molar-refractivity contribution < 1.29 is 19.1 Å². The van der Waals surface area contributed by atoms with Gasteiger partial charge in [0.2, 0.25) is 5.91 Å². The second-order valence-corrected chi connectivity index (χ2v) is 9.67. The SMILES string of the molecule is CC(C)COC(=O)N1CCCN(C(=O)C2CCCN(C(=O)c3ccc(Cl)c(Cl)c3)C2)CC1. The van der Waals surface area contributed by atoms with E-state index in [1.54, 1.807) is 28.0 Å². The Bertz CT molecular complexity index is 849. The van der Waals surface area contributed by atoms with Crippen LogP contribution in [0, 0.1) is 11.8 Å². The van der Waals surface area contributed by atoms with Gasteiger partial charge in [-0.05, 0) is 43.4 Å². The molecule has 2 saturated heterocycles. The van der Waals surface area contributed by atoms with Crippen molar-refractivity contribution in [1.82, 2.24) is 14.7 Å². The molecule has 2 aliphatic heterocycles. The van der Waals surface area contributed by atoms with Gasteiger partial charge in [-0.2, -0.15) is 0 Å². The van der Waals surface area contributed by atoms with Crippen molar-refractivity contribution in [2.24, 2.45) is 11.8 Å². The molecule has 3 amide bonds. The largest absolute Gasteiger partial charge is 0.449 e. The molecule has 176 valence electrons. The first-order valence-electron chi connectivity index (χ1n) is 11.2. The number of piperidine rings is 1. The molecule has 0 radical (unpaired) electrons. The normalized spacial score (nSPS) is 19.7. The first kappa shape index (κ1) is 24.6. The van der Waals surface area contributed by atoms with Gasteiger partial charge in [-0.25, -0.2) is 4.79 Å². The smallest absolute Gasteiger partial charge is 0.409 e. The highest BCUT2D eigenvalue weighted by molar-refractivity contribution is 6.42.